The number of hydrogen-bond acceptors (Lipinski definition) is 1. The monoisotopic (exact) mass is 398 g/mol. The predicted octanol–water partition coefficient (Wildman–Crippen LogP) is 2.20. The summed E-state index contributed by atoms with van der Waals surface area (Å²) in [5.74, 6) is 0. The van der Waals surface area contributed by atoms with Crippen LogP contribution in [0.3, 0.4) is 0 Å². The van der Waals surface area contributed by atoms with Gasteiger partial charge in [0, 0.05) is 0 Å². The molecule has 0 amide bonds. The summed E-state index contributed by atoms with van der Waals surface area (Å²) < 4.78 is 8.11. The fraction of sp³-hybridized carbons (Fsp3) is 0. The second kappa shape index (κ2) is 6.82. The molecule has 0 aromatic heterocycles. The standard InChI is InChI=1S/C12H8Cl2OSe2/c13-9-1-5-11(6-2-9)16-15-17-12-7-3-10(14)4-8-12/h1-8H. The molecule has 0 N–H and O–H groups in total. The molecule has 0 atom stereocenters. The van der Waals surface area contributed by atoms with Crippen LogP contribution in [0, 0.1) is 0 Å². The molecule has 88 valence electrons. The van der Waals surface area contributed by atoms with Gasteiger partial charge in [-0.15, -0.1) is 0 Å². The Hall–Kier alpha value is 0.0190. The zero-order valence-electron chi connectivity index (χ0n) is 8.60. The Kier molecular flexibility index (Phi) is 5.40. The van der Waals surface area contributed by atoms with Crippen molar-refractivity contribution in [2.75, 3.05) is 0 Å². The van der Waals surface area contributed by atoms with Gasteiger partial charge in [0.25, 0.3) is 0 Å². The van der Waals surface area contributed by atoms with Gasteiger partial charge < -0.3 is 0 Å². The van der Waals surface area contributed by atoms with Crippen LogP contribution in [0.5, 0.6) is 0 Å². The summed E-state index contributed by atoms with van der Waals surface area (Å²) >= 11 is 11.7. The van der Waals surface area contributed by atoms with E-state index in [9.17, 15) is 0 Å². The Morgan fingerprint density at radius 2 is 1.00 bits per heavy atom. The average molecular weight is 397 g/mol. The second-order valence-electron chi connectivity index (χ2n) is 3.14. The van der Waals surface area contributed by atoms with E-state index < -0.39 is 0 Å². The minimum atomic E-state index is 0.0459. The fourth-order valence-electron chi connectivity index (χ4n) is 1.08. The summed E-state index contributed by atoms with van der Waals surface area (Å²) in [6, 6.07) is 15.5. The summed E-state index contributed by atoms with van der Waals surface area (Å²) in [7, 11) is 0. The van der Waals surface area contributed by atoms with Gasteiger partial charge in [-0.05, 0) is 0 Å². The molecule has 0 saturated carbocycles. The van der Waals surface area contributed by atoms with Gasteiger partial charge in [-0.1, -0.05) is 0 Å². The summed E-state index contributed by atoms with van der Waals surface area (Å²) in [4.78, 5) is 0. The van der Waals surface area contributed by atoms with Crippen LogP contribution in [-0.4, -0.2) is 30.6 Å². The van der Waals surface area contributed by atoms with Crippen molar-refractivity contribution in [1.82, 2.24) is 0 Å². The first-order chi connectivity index (χ1) is 8.24. The fourth-order valence-corrected chi connectivity index (χ4v) is 4.85. The average Bonchev–Trinajstić information content (AvgIpc) is 2.34. The van der Waals surface area contributed by atoms with Crippen molar-refractivity contribution in [2.45, 2.75) is 0 Å². The maximum atomic E-state index is 5.81. The van der Waals surface area contributed by atoms with Crippen LogP contribution in [0.1, 0.15) is 0 Å². The van der Waals surface area contributed by atoms with E-state index in [0.29, 0.717) is 0 Å². The SMILES string of the molecule is Clc1ccc([Se]O[Se]c2ccc(Cl)cc2)cc1. The molecule has 1 nitrogen and oxygen atoms in total. The molecular formula is C12H8Cl2OSe2. The van der Waals surface area contributed by atoms with Crippen LogP contribution in [-0.2, 0) is 2.90 Å². The van der Waals surface area contributed by atoms with Crippen molar-refractivity contribution < 1.29 is 2.90 Å². The van der Waals surface area contributed by atoms with Crippen LogP contribution in [0.4, 0.5) is 0 Å². The Labute approximate surface area is 123 Å². The first kappa shape index (κ1) is 13.5. The molecule has 0 radical (unpaired) electrons. The van der Waals surface area contributed by atoms with Crippen molar-refractivity contribution in [3.63, 3.8) is 0 Å². The Morgan fingerprint density at radius 1 is 0.647 bits per heavy atom. The van der Waals surface area contributed by atoms with E-state index in [0.717, 1.165) is 10.0 Å². The number of benzene rings is 2. The molecule has 0 fully saturated rings. The molecule has 0 heterocycles. The van der Waals surface area contributed by atoms with E-state index in [2.05, 4.69) is 0 Å². The van der Waals surface area contributed by atoms with Gasteiger partial charge >= 0.3 is 124 Å². The zero-order chi connectivity index (χ0) is 12.1. The van der Waals surface area contributed by atoms with Crippen molar-refractivity contribution in [3.8, 4) is 0 Å². The van der Waals surface area contributed by atoms with Crippen molar-refractivity contribution in [3.05, 3.63) is 58.6 Å². The van der Waals surface area contributed by atoms with E-state index in [1.54, 1.807) is 0 Å². The minimum absolute atomic E-state index is 0.0459. The Balaban J connectivity index is 1.83. The zero-order valence-corrected chi connectivity index (χ0v) is 13.5. The Bertz CT molecular complexity index is 425. The van der Waals surface area contributed by atoms with E-state index in [-0.39, 0.29) is 30.6 Å². The van der Waals surface area contributed by atoms with Gasteiger partial charge in [0.1, 0.15) is 0 Å². The van der Waals surface area contributed by atoms with E-state index in [1.165, 1.54) is 8.92 Å². The molecular weight excluding hydrogens is 389 g/mol. The third-order valence-electron chi connectivity index (χ3n) is 1.89. The number of rotatable bonds is 4. The molecule has 0 spiro atoms. The van der Waals surface area contributed by atoms with E-state index >= 15 is 0 Å². The second-order valence-corrected chi connectivity index (χ2v) is 8.46. The van der Waals surface area contributed by atoms with Gasteiger partial charge in [0.15, 0.2) is 0 Å². The predicted molar refractivity (Wildman–Crippen MR) is 74.8 cm³/mol. The normalized spacial score (nSPS) is 10.5. The first-order valence-electron chi connectivity index (χ1n) is 4.76. The molecule has 0 aliphatic heterocycles. The molecule has 17 heavy (non-hydrogen) atoms. The van der Waals surface area contributed by atoms with Crippen molar-refractivity contribution in [1.29, 1.82) is 0 Å². The summed E-state index contributed by atoms with van der Waals surface area (Å²) in [5, 5.41) is 1.51. The molecule has 0 saturated heterocycles. The van der Waals surface area contributed by atoms with Gasteiger partial charge in [-0.2, -0.15) is 0 Å². The maximum absolute atomic E-state index is 5.81. The van der Waals surface area contributed by atoms with Crippen LogP contribution in [0.15, 0.2) is 48.5 Å². The molecule has 2 rings (SSSR count). The van der Waals surface area contributed by atoms with Gasteiger partial charge in [-0.25, -0.2) is 0 Å². The summed E-state index contributed by atoms with van der Waals surface area (Å²) in [6.45, 7) is 0. The molecule has 2 aromatic carbocycles. The summed E-state index contributed by atoms with van der Waals surface area (Å²) in [5.41, 5.74) is 0. The molecule has 2 aromatic rings. The van der Waals surface area contributed by atoms with Crippen molar-refractivity contribution in [2.24, 2.45) is 0 Å². The van der Waals surface area contributed by atoms with Gasteiger partial charge in [0.2, 0.25) is 0 Å². The van der Waals surface area contributed by atoms with Crippen LogP contribution < -0.4 is 8.92 Å². The third-order valence-corrected chi connectivity index (χ3v) is 6.11. The van der Waals surface area contributed by atoms with E-state index in [1.807, 2.05) is 48.5 Å². The van der Waals surface area contributed by atoms with Gasteiger partial charge in [0.05, 0.1) is 0 Å². The van der Waals surface area contributed by atoms with Crippen LogP contribution in [0.2, 0.25) is 10.0 Å². The van der Waals surface area contributed by atoms with E-state index in [4.69, 9.17) is 26.1 Å². The summed E-state index contributed by atoms with van der Waals surface area (Å²) in [6.07, 6.45) is 0. The number of hydrogen-bond donors (Lipinski definition) is 0. The van der Waals surface area contributed by atoms with Crippen LogP contribution in [0.25, 0.3) is 0 Å². The van der Waals surface area contributed by atoms with Gasteiger partial charge in [-0.3, -0.25) is 0 Å². The molecule has 0 bridgehead atoms. The topological polar surface area (TPSA) is 9.23 Å². The Morgan fingerprint density at radius 3 is 1.35 bits per heavy atom. The quantitative estimate of drug-likeness (QED) is 0.720. The molecule has 0 aliphatic carbocycles. The molecule has 5 heteroatoms. The first-order valence-corrected chi connectivity index (χ1v) is 8.63. The number of halogens is 2. The molecule has 0 unspecified atom stereocenters. The third kappa shape index (κ3) is 4.65. The molecule has 0 aliphatic rings. The van der Waals surface area contributed by atoms with Crippen LogP contribution >= 0.6 is 23.2 Å². The van der Waals surface area contributed by atoms with Crippen molar-refractivity contribution >= 4 is 62.7 Å².